The molecule has 1 fully saturated rings. The van der Waals surface area contributed by atoms with Crippen molar-refractivity contribution >= 4 is 17.4 Å². The van der Waals surface area contributed by atoms with Crippen molar-refractivity contribution in [3.63, 3.8) is 0 Å². The molecule has 3 heteroatoms. The standard InChI is InChI=1S/C14H20N2S/c1-10-4-5-12(8-10)11(2)16-13-6-7-15-14(9-13)17-3/h6-7,9-10,12H,2,4-5,8H2,1,3H3,(H,15,16). The van der Waals surface area contributed by atoms with Crippen molar-refractivity contribution in [2.24, 2.45) is 11.8 Å². The van der Waals surface area contributed by atoms with E-state index < -0.39 is 0 Å². The van der Waals surface area contributed by atoms with Gasteiger partial charge in [-0.15, -0.1) is 11.8 Å². The van der Waals surface area contributed by atoms with Gasteiger partial charge in [0.2, 0.25) is 0 Å². The summed E-state index contributed by atoms with van der Waals surface area (Å²) in [7, 11) is 0. The van der Waals surface area contributed by atoms with E-state index in [9.17, 15) is 0 Å². The van der Waals surface area contributed by atoms with Gasteiger partial charge in [-0.25, -0.2) is 4.98 Å². The number of anilines is 1. The third kappa shape index (κ3) is 3.25. The van der Waals surface area contributed by atoms with E-state index in [2.05, 4.69) is 29.9 Å². The van der Waals surface area contributed by atoms with Gasteiger partial charge in [0.05, 0.1) is 5.03 Å². The Morgan fingerprint density at radius 1 is 1.53 bits per heavy atom. The van der Waals surface area contributed by atoms with Gasteiger partial charge in [-0.2, -0.15) is 0 Å². The van der Waals surface area contributed by atoms with Crippen molar-refractivity contribution in [2.45, 2.75) is 31.2 Å². The molecule has 0 spiro atoms. The Kier molecular flexibility index (Phi) is 4.11. The Labute approximate surface area is 108 Å². The SMILES string of the molecule is C=C(Nc1ccnc(SC)c1)C1CCC(C)C1. The molecule has 17 heavy (non-hydrogen) atoms. The first-order valence-electron chi connectivity index (χ1n) is 6.15. The molecule has 1 aromatic heterocycles. The summed E-state index contributed by atoms with van der Waals surface area (Å²) in [6.45, 7) is 6.51. The molecule has 0 saturated heterocycles. The molecule has 2 rings (SSSR count). The van der Waals surface area contributed by atoms with Crippen LogP contribution in [0.15, 0.2) is 35.6 Å². The number of aromatic nitrogens is 1. The second kappa shape index (κ2) is 5.58. The number of nitrogens with one attached hydrogen (secondary N) is 1. The van der Waals surface area contributed by atoms with Crippen LogP contribution in [0.1, 0.15) is 26.2 Å². The van der Waals surface area contributed by atoms with E-state index in [-0.39, 0.29) is 0 Å². The second-order valence-electron chi connectivity index (χ2n) is 4.85. The first-order valence-corrected chi connectivity index (χ1v) is 7.37. The van der Waals surface area contributed by atoms with Crippen LogP contribution >= 0.6 is 11.8 Å². The minimum atomic E-state index is 0.635. The third-order valence-corrected chi connectivity index (χ3v) is 4.08. The minimum absolute atomic E-state index is 0.635. The van der Waals surface area contributed by atoms with Gasteiger partial charge in [0.15, 0.2) is 0 Å². The number of thioether (sulfide) groups is 1. The number of pyridine rings is 1. The van der Waals surface area contributed by atoms with E-state index in [0.717, 1.165) is 22.3 Å². The maximum absolute atomic E-state index is 4.27. The highest BCUT2D eigenvalue weighted by molar-refractivity contribution is 7.98. The van der Waals surface area contributed by atoms with E-state index in [0.29, 0.717) is 5.92 Å². The zero-order chi connectivity index (χ0) is 12.3. The second-order valence-corrected chi connectivity index (χ2v) is 5.68. The van der Waals surface area contributed by atoms with Crippen LogP contribution in [-0.2, 0) is 0 Å². The van der Waals surface area contributed by atoms with Crippen LogP contribution in [0.3, 0.4) is 0 Å². The molecule has 1 aliphatic rings. The summed E-state index contributed by atoms with van der Waals surface area (Å²) in [5.41, 5.74) is 2.27. The highest BCUT2D eigenvalue weighted by atomic mass is 32.2. The molecule has 1 N–H and O–H groups in total. The fourth-order valence-electron chi connectivity index (χ4n) is 2.41. The Hall–Kier alpha value is -0.960. The van der Waals surface area contributed by atoms with Crippen LogP contribution in [0.4, 0.5) is 5.69 Å². The summed E-state index contributed by atoms with van der Waals surface area (Å²) >= 11 is 1.66. The molecule has 0 radical (unpaired) electrons. The topological polar surface area (TPSA) is 24.9 Å². The lowest BCUT2D eigenvalue weighted by Gasteiger charge is -2.16. The molecule has 1 aliphatic carbocycles. The van der Waals surface area contributed by atoms with Crippen LogP contribution in [0, 0.1) is 11.8 Å². The summed E-state index contributed by atoms with van der Waals surface area (Å²) in [5.74, 6) is 1.48. The lowest BCUT2D eigenvalue weighted by atomic mass is 10.0. The maximum Gasteiger partial charge on any atom is 0.0977 e. The van der Waals surface area contributed by atoms with E-state index >= 15 is 0 Å². The fourth-order valence-corrected chi connectivity index (χ4v) is 2.82. The predicted molar refractivity (Wildman–Crippen MR) is 75.3 cm³/mol. The van der Waals surface area contributed by atoms with Crippen molar-refractivity contribution in [3.8, 4) is 0 Å². The summed E-state index contributed by atoms with van der Waals surface area (Å²) in [4.78, 5) is 4.27. The van der Waals surface area contributed by atoms with Gasteiger partial charge < -0.3 is 5.32 Å². The summed E-state index contributed by atoms with van der Waals surface area (Å²) in [5, 5.41) is 4.48. The molecule has 2 atom stereocenters. The first-order chi connectivity index (χ1) is 8.19. The highest BCUT2D eigenvalue weighted by Crippen LogP contribution is 2.35. The van der Waals surface area contributed by atoms with Crippen LogP contribution < -0.4 is 5.32 Å². The van der Waals surface area contributed by atoms with Crippen molar-refractivity contribution < 1.29 is 0 Å². The summed E-state index contributed by atoms with van der Waals surface area (Å²) in [6.07, 6.45) is 7.76. The molecule has 92 valence electrons. The van der Waals surface area contributed by atoms with E-state index in [1.165, 1.54) is 19.3 Å². The van der Waals surface area contributed by atoms with Crippen LogP contribution in [0.2, 0.25) is 0 Å². The van der Waals surface area contributed by atoms with Crippen LogP contribution in [-0.4, -0.2) is 11.2 Å². The van der Waals surface area contributed by atoms with Gasteiger partial charge in [-0.3, -0.25) is 0 Å². The monoisotopic (exact) mass is 248 g/mol. The number of hydrogen-bond donors (Lipinski definition) is 1. The van der Waals surface area contributed by atoms with Gasteiger partial charge in [-0.05, 0) is 43.1 Å². The van der Waals surface area contributed by atoms with Crippen molar-refractivity contribution in [1.82, 2.24) is 4.98 Å². The molecule has 0 amide bonds. The van der Waals surface area contributed by atoms with Crippen LogP contribution in [0.25, 0.3) is 0 Å². The molecule has 0 bridgehead atoms. The van der Waals surface area contributed by atoms with Crippen molar-refractivity contribution in [3.05, 3.63) is 30.6 Å². The van der Waals surface area contributed by atoms with E-state index in [1.807, 2.05) is 18.5 Å². The third-order valence-electron chi connectivity index (χ3n) is 3.44. The van der Waals surface area contributed by atoms with Gasteiger partial charge in [0.25, 0.3) is 0 Å². The van der Waals surface area contributed by atoms with Crippen molar-refractivity contribution in [1.29, 1.82) is 0 Å². The molecule has 1 heterocycles. The summed E-state index contributed by atoms with van der Waals surface area (Å²) in [6, 6.07) is 4.08. The Morgan fingerprint density at radius 3 is 3.00 bits per heavy atom. The average molecular weight is 248 g/mol. The van der Waals surface area contributed by atoms with Gasteiger partial charge >= 0.3 is 0 Å². The van der Waals surface area contributed by atoms with Crippen LogP contribution in [0.5, 0.6) is 0 Å². The number of rotatable bonds is 4. The molecule has 1 aromatic rings. The smallest absolute Gasteiger partial charge is 0.0977 e. The average Bonchev–Trinajstić information content (AvgIpc) is 2.76. The maximum atomic E-state index is 4.27. The molecule has 1 saturated carbocycles. The molecule has 2 unspecified atom stereocenters. The fraction of sp³-hybridized carbons (Fsp3) is 0.500. The molecule has 0 aliphatic heterocycles. The van der Waals surface area contributed by atoms with E-state index in [1.54, 1.807) is 11.8 Å². The zero-order valence-electron chi connectivity index (χ0n) is 10.6. The van der Waals surface area contributed by atoms with E-state index in [4.69, 9.17) is 0 Å². The zero-order valence-corrected chi connectivity index (χ0v) is 11.4. The van der Waals surface area contributed by atoms with Gasteiger partial charge in [0, 0.05) is 17.6 Å². The highest BCUT2D eigenvalue weighted by Gasteiger charge is 2.23. The Morgan fingerprint density at radius 2 is 2.35 bits per heavy atom. The quantitative estimate of drug-likeness (QED) is 0.810. The number of nitrogens with zero attached hydrogens (tertiary/aromatic N) is 1. The lowest BCUT2D eigenvalue weighted by molar-refractivity contribution is 0.574. The Balaban J connectivity index is 1.98. The minimum Gasteiger partial charge on any atom is -0.359 e. The molecular weight excluding hydrogens is 228 g/mol. The number of hydrogen-bond acceptors (Lipinski definition) is 3. The largest absolute Gasteiger partial charge is 0.359 e. The molecular formula is C14H20N2S. The predicted octanol–water partition coefficient (Wildman–Crippen LogP) is 4.17. The number of allylic oxidation sites excluding steroid dienone is 1. The molecule has 2 nitrogen and oxygen atoms in total. The molecule has 0 aromatic carbocycles. The lowest BCUT2D eigenvalue weighted by Crippen LogP contribution is -2.08. The van der Waals surface area contributed by atoms with Gasteiger partial charge in [0.1, 0.15) is 0 Å². The van der Waals surface area contributed by atoms with Crippen molar-refractivity contribution in [2.75, 3.05) is 11.6 Å². The Bertz CT molecular complexity index is 403. The normalized spacial score (nSPS) is 23.6. The first kappa shape index (κ1) is 12.5. The van der Waals surface area contributed by atoms with Gasteiger partial charge in [-0.1, -0.05) is 19.9 Å². The summed E-state index contributed by atoms with van der Waals surface area (Å²) < 4.78 is 0.